The molecule has 1 rings (SSSR count). The fraction of sp³-hybridized carbons (Fsp3) is 0.615. The number of hydrogen-bond acceptors (Lipinski definition) is 4. The number of rotatable bonds is 5. The van der Waals surface area contributed by atoms with E-state index < -0.39 is 0 Å². The molecule has 0 aliphatic carbocycles. The fourth-order valence-corrected chi connectivity index (χ4v) is 2.06. The van der Waals surface area contributed by atoms with Gasteiger partial charge in [-0.2, -0.15) is 0 Å². The van der Waals surface area contributed by atoms with E-state index in [9.17, 15) is 0 Å². The van der Waals surface area contributed by atoms with Gasteiger partial charge in [0.15, 0.2) is 0 Å². The van der Waals surface area contributed by atoms with Crippen LogP contribution in [0.4, 0.5) is 0 Å². The molecule has 0 saturated carbocycles. The van der Waals surface area contributed by atoms with E-state index >= 15 is 0 Å². The first kappa shape index (κ1) is 14.2. The van der Waals surface area contributed by atoms with E-state index in [2.05, 4.69) is 47.3 Å². The van der Waals surface area contributed by atoms with Crippen LogP contribution in [-0.4, -0.2) is 29.0 Å². The molecule has 0 saturated heterocycles. The summed E-state index contributed by atoms with van der Waals surface area (Å²) in [6.45, 7) is 8.77. The standard InChI is InChI=1S/C13H21N3S/c1-6-7-16(5)9-11-10-17-12(15-11)8-14-13(2,3)4/h1,10,14H,7-9H2,2-5H3. The van der Waals surface area contributed by atoms with Crippen LogP contribution in [0.2, 0.25) is 0 Å². The number of nitrogens with zero attached hydrogens (tertiary/aromatic N) is 2. The van der Waals surface area contributed by atoms with E-state index in [0.717, 1.165) is 23.8 Å². The van der Waals surface area contributed by atoms with Crippen molar-refractivity contribution in [2.75, 3.05) is 13.6 Å². The first-order valence-electron chi connectivity index (χ1n) is 5.71. The van der Waals surface area contributed by atoms with Crippen LogP contribution in [0.15, 0.2) is 5.38 Å². The van der Waals surface area contributed by atoms with Crippen molar-refractivity contribution in [1.82, 2.24) is 15.2 Å². The van der Waals surface area contributed by atoms with Gasteiger partial charge in [0.2, 0.25) is 0 Å². The summed E-state index contributed by atoms with van der Waals surface area (Å²) in [4.78, 5) is 6.66. The molecular weight excluding hydrogens is 230 g/mol. The largest absolute Gasteiger partial charge is 0.306 e. The maximum absolute atomic E-state index is 5.26. The molecular formula is C13H21N3S. The number of hydrogen-bond donors (Lipinski definition) is 1. The average Bonchev–Trinajstić information content (AvgIpc) is 2.62. The molecule has 1 aromatic rings. The Morgan fingerprint density at radius 1 is 1.53 bits per heavy atom. The van der Waals surface area contributed by atoms with E-state index in [0.29, 0.717) is 6.54 Å². The first-order valence-corrected chi connectivity index (χ1v) is 6.59. The summed E-state index contributed by atoms with van der Waals surface area (Å²) in [5, 5.41) is 6.66. The van der Waals surface area contributed by atoms with Gasteiger partial charge in [-0.15, -0.1) is 17.8 Å². The second-order valence-corrected chi connectivity index (χ2v) is 6.16. The van der Waals surface area contributed by atoms with Crippen LogP contribution in [0.5, 0.6) is 0 Å². The van der Waals surface area contributed by atoms with Crippen molar-refractivity contribution in [3.05, 3.63) is 16.1 Å². The summed E-state index contributed by atoms with van der Waals surface area (Å²) < 4.78 is 0. The van der Waals surface area contributed by atoms with Crippen molar-refractivity contribution in [2.24, 2.45) is 0 Å². The smallest absolute Gasteiger partial charge is 0.107 e. The third kappa shape index (κ3) is 5.83. The lowest BCUT2D eigenvalue weighted by atomic mass is 10.1. The fourth-order valence-electron chi connectivity index (χ4n) is 1.33. The van der Waals surface area contributed by atoms with Crippen LogP contribution in [0.1, 0.15) is 31.5 Å². The van der Waals surface area contributed by atoms with E-state index in [-0.39, 0.29) is 5.54 Å². The Morgan fingerprint density at radius 3 is 2.82 bits per heavy atom. The van der Waals surface area contributed by atoms with Crippen molar-refractivity contribution in [3.8, 4) is 12.3 Å². The number of terminal acetylenes is 1. The Morgan fingerprint density at radius 2 is 2.24 bits per heavy atom. The summed E-state index contributed by atoms with van der Waals surface area (Å²) in [6.07, 6.45) is 5.26. The molecule has 0 unspecified atom stereocenters. The van der Waals surface area contributed by atoms with Gasteiger partial charge in [-0.05, 0) is 27.8 Å². The molecule has 0 aliphatic rings. The maximum Gasteiger partial charge on any atom is 0.107 e. The van der Waals surface area contributed by atoms with Crippen LogP contribution in [0.3, 0.4) is 0 Å². The molecule has 0 spiro atoms. The molecule has 0 fully saturated rings. The van der Waals surface area contributed by atoms with Crippen molar-refractivity contribution in [2.45, 2.75) is 39.4 Å². The molecule has 17 heavy (non-hydrogen) atoms. The highest BCUT2D eigenvalue weighted by Crippen LogP contribution is 2.12. The summed E-state index contributed by atoms with van der Waals surface area (Å²) in [6, 6.07) is 0. The van der Waals surface area contributed by atoms with Gasteiger partial charge in [0.25, 0.3) is 0 Å². The first-order chi connectivity index (χ1) is 7.90. The zero-order valence-electron chi connectivity index (χ0n) is 11.1. The molecule has 0 aromatic carbocycles. The Balaban J connectivity index is 2.46. The van der Waals surface area contributed by atoms with Gasteiger partial charge in [-0.25, -0.2) is 4.98 Å². The average molecular weight is 251 g/mol. The molecule has 1 aromatic heterocycles. The molecule has 1 N–H and O–H groups in total. The summed E-state index contributed by atoms with van der Waals surface area (Å²) in [7, 11) is 2.01. The Kier molecular flexibility index (Phi) is 5.13. The molecule has 0 aliphatic heterocycles. The van der Waals surface area contributed by atoms with Crippen LogP contribution >= 0.6 is 11.3 Å². The minimum absolute atomic E-state index is 0.131. The monoisotopic (exact) mass is 251 g/mol. The van der Waals surface area contributed by atoms with Crippen LogP contribution < -0.4 is 5.32 Å². The summed E-state index contributed by atoms with van der Waals surface area (Å²) in [5.41, 5.74) is 1.23. The normalized spacial score (nSPS) is 11.8. The minimum atomic E-state index is 0.131. The molecule has 4 heteroatoms. The van der Waals surface area contributed by atoms with Crippen molar-refractivity contribution < 1.29 is 0 Å². The number of thiazole rings is 1. The van der Waals surface area contributed by atoms with Crippen molar-refractivity contribution >= 4 is 11.3 Å². The van der Waals surface area contributed by atoms with Gasteiger partial charge in [0, 0.05) is 24.0 Å². The molecule has 1 heterocycles. The highest BCUT2D eigenvalue weighted by molar-refractivity contribution is 7.09. The Labute approximate surface area is 108 Å². The zero-order chi connectivity index (χ0) is 12.9. The Bertz CT molecular complexity index is 384. The summed E-state index contributed by atoms with van der Waals surface area (Å²) in [5.74, 6) is 2.63. The van der Waals surface area contributed by atoms with Crippen LogP contribution in [0.25, 0.3) is 0 Å². The molecule has 0 radical (unpaired) electrons. The lowest BCUT2D eigenvalue weighted by molar-refractivity contribution is 0.364. The highest BCUT2D eigenvalue weighted by Gasteiger charge is 2.10. The van der Waals surface area contributed by atoms with E-state index in [1.54, 1.807) is 11.3 Å². The minimum Gasteiger partial charge on any atom is -0.306 e. The van der Waals surface area contributed by atoms with Crippen molar-refractivity contribution in [1.29, 1.82) is 0 Å². The van der Waals surface area contributed by atoms with Gasteiger partial charge in [0.05, 0.1) is 12.2 Å². The molecule has 0 atom stereocenters. The van der Waals surface area contributed by atoms with Crippen LogP contribution in [0, 0.1) is 12.3 Å². The molecule has 94 valence electrons. The zero-order valence-corrected chi connectivity index (χ0v) is 11.9. The summed E-state index contributed by atoms with van der Waals surface area (Å²) >= 11 is 1.70. The molecule has 0 amide bonds. The maximum atomic E-state index is 5.26. The van der Waals surface area contributed by atoms with Gasteiger partial charge >= 0.3 is 0 Å². The van der Waals surface area contributed by atoms with E-state index in [1.807, 2.05) is 7.05 Å². The highest BCUT2D eigenvalue weighted by atomic mass is 32.1. The number of nitrogens with one attached hydrogen (secondary N) is 1. The van der Waals surface area contributed by atoms with Gasteiger partial charge in [-0.1, -0.05) is 5.92 Å². The molecule has 3 nitrogen and oxygen atoms in total. The van der Waals surface area contributed by atoms with E-state index in [4.69, 9.17) is 6.42 Å². The van der Waals surface area contributed by atoms with Crippen molar-refractivity contribution in [3.63, 3.8) is 0 Å². The topological polar surface area (TPSA) is 28.2 Å². The third-order valence-electron chi connectivity index (χ3n) is 2.16. The second kappa shape index (κ2) is 6.15. The predicted octanol–water partition coefficient (Wildman–Crippen LogP) is 2.10. The van der Waals surface area contributed by atoms with Gasteiger partial charge in [0.1, 0.15) is 5.01 Å². The van der Waals surface area contributed by atoms with Gasteiger partial charge < -0.3 is 5.32 Å². The predicted molar refractivity (Wildman–Crippen MR) is 73.9 cm³/mol. The van der Waals surface area contributed by atoms with Crippen LogP contribution in [-0.2, 0) is 13.1 Å². The SMILES string of the molecule is C#CCN(C)Cc1csc(CNC(C)(C)C)n1. The van der Waals surface area contributed by atoms with Gasteiger partial charge in [-0.3, -0.25) is 4.90 Å². The third-order valence-corrected chi connectivity index (χ3v) is 3.06. The lowest BCUT2D eigenvalue weighted by Crippen LogP contribution is -2.35. The Hall–Kier alpha value is -0.890. The quantitative estimate of drug-likeness (QED) is 0.812. The lowest BCUT2D eigenvalue weighted by Gasteiger charge is -2.19. The van der Waals surface area contributed by atoms with E-state index in [1.165, 1.54) is 0 Å². The number of aromatic nitrogens is 1. The molecule has 0 bridgehead atoms. The second-order valence-electron chi connectivity index (χ2n) is 5.21.